The Labute approximate surface area is 173 Å². The van der Waals surface area contributed by atoms with E-state index in [1.165, 1.54) is 12.8 Å². The Morgan fingerprint density at radius 3 is 2.10 bits per heavy atom. The Morgan fingerprint density at radius 2 is 1.45 bits per heavy atom. The number of carbonyl (C=O) groups excluding carboxylic acids is 1. The summed E-state index contributed by atoms with van der Waals surface area (Å²) < 4.78 is 15.9. The molecule has 2 rings (SSSR count). The molecule has 0 bridgehead atoms. The fourth-order valence-electron chi connectivity index (χ4n) is 2.57. The lowest BCUT2D eigenvalue weighted by Gasteiger charge is -2.06. The molecule has 5 heteroatoms. The van der Waals surface area contributed by atoms with Crippen molar-refractivity contribution in [2.45, 2.75) is 52.4 Å². The quantitative estimate of drug-likeness (QED) is 0.173. The number of aliphatic imine (C=N–C) groups is 1. The van der Waals surface area contributed by atoms with Gasteiger partial charge in [0.2, 0.25) is 0 Å². The van der Waals surface area contributed by atoms with Gasteiger partial charge in [-0.05, 0) is 66.9 Å². The van der Waals surface area contributed by atoms with Gasteiger partial charge in [0.25, 0.3) is 0 Å². The minimum Gasteiger partial charge on any atom is -0.494 e. The first kappa shape index (κ1) is 22.5. The SMILES string of the molecule is CCCCCOC(=O)Oc1ccc(N=Cc2ccc(OCCCCC)cc2)cc1. The van der Waals surface area contributed by atoms with Gasteiger partial charge in [0.15, 0.2) is 0 Å². The zero-order chi connectivity index (χ0) is 20.7. The van der Waals surface area contributed by atoms with E-state index in [-0.39, 0.29) is 0 Å². The molecule has 0 spiro atoms. The Bertz CT molecular complexity index is 738. The predicted octanol–water partition coefficient (Wildman–Crippen LogP) is 6.71. The standard InChI is InChI=1S/C24H31NO4/c1-3-5-7-17-27-22-13-9-20(10-14-22)19-25-21-11-15-23(16-12-21)29-24(26)28-18-8-6-4-2/h9-16,19H,3-8,17-18H2,1-2H3. The Kier molecular flexibility index (Phi) is 10.4. The Balaban J connectivity index is 1.78. The molecule has 156 valence electrons. The largest absolute Gasteiger partial charge is 0.513 e. The van der Waals surface area contributed by atoms with Crippen molar-refractivity contribution in [3.8, 4) is 11.5 Å². The predicted molar refractivity (Wildman–Crippen MR) is 117 cm³/mol. The second kappa shape index (κ2) is 13.4. The number of carbonyl (C=O) groups is 1. The zero-order valence-electron chi connectivity index (χ0n) is 17.4. The van der Waals surface area contributed by atoms with E-state index in [4.69, 9.17) is 14.2 Å². The van der Waals surface area contributed by atoms with Crippen molar-refractivity contribution in [1.82, 2.24) is 0 Å². The van der Waals surface area contributed by atoms with Crippen LogP contribution in [0.5, 0.6) is 11.5 Å². The van der Waals surface area contributed by atoms with Crippen molar-refractivity contribution < 1.29 is 19.0 Å². The van der Waals surface area contributed by atoms with Gasteiger partial charge in [0.1, 0.15) is 11.5 Å². The first-order chi connectivity index (χ1) is 14.2. The summed E-state index contributed by atoms with van der Waals surface area (Å²) in [5.41, 5.74) is 1.76. The van der Waals surface area contributed by atoms with E-state index < -0.39 is 6.16 Å². The van der Waals surface area contributed by atoms with Gasteiger partial charge in [-0.25, -0.2) is 4.79 Å². The fourth-order valence-corrected chi connectivity index (χ4v) is 2.57. The Hall–Kier alpha value is -2.82. The molecule has 2 aromatic rings. The molecule has 0 fully saturated rings. The van der Waals surface area contributed by atoms with Crippen molar-refractivity contribution in [3.05, 3.63) is 54.1 Å². The molecule has 0 unspecified atom stereocenters. The molecule has 29 heavy (non-hydrogen) atoms. The maximum Gasteiger partial charge on any atom is 0.513 e. The second-order valence-electron chi connectivity index (χ2n) is 6.78. The van der Waals surface area contributed by atoms with Gasteiger partial charge >= 0.3 is 6.16 Å². The van der Waals surface area contributed by atoms with Crippen LogP contribution in [-0.4, -0.2) is 25.6 Å². The van der Waals surface area contributed by atoms with Crippen molar-refractivity contribution in [1.29, 1.82) is 0 Å². The van der Waals surface area contributed by atoms with E-state index in [0.29, 0.717) is 12.4 Å². The molecule has 0 atom stereocenters. The molecule has 0 saturated heterocycles. The third-order valence-electron chi connectivity index (χ3n) is 4.27. The van der Waals surface area contributed by atoms with E-state index in [1.54, 1.807) is 30.5 Å². The highest BCUT2D eigenvalue weighted by Gasteiger charge is 2.05. The van der Waals surface area contributed by atoms with Crippen LogP contribution in [0.3, 0.4) is 0 Å². The molecular formula is C24H31NO4. The molecule has 5 nitrogen and oxygen atoms in total. The van der Waals surface area contributed by atoms with E-state index in [0.717, 1.165) is 49.3 Å². The number of rotatable bonds is 12. The summed E-state index contributed by atoms with van der Waals surface area (Å²) in [5.74, 6) is 1.32. The average Bonchev–Trinajstić information content (AvgIpc) is 2.75. The lowest BCUT2D eigenvalue weighted by molar-refractivity contribution is 0.0974. The maximum absolute atomic E-state index is 11.6. The average molecular weight is 398 g/mol. The third-order valence-corrected chi connectivity index (χ3v) is 4.27. The maximum atomic E-state index is 11.6. The molecule has 0 aromatic heterocycles. The van der Waals surface area contributed by atoms with Crippen LogP contribution < -0.4 is 9.47 Å². The third kappa shape index (κ3) is 9.28. The highest BCUT2D eigenvalue weighted by molar-refractivity contribution is 5.82. The van der Waals surface area contributed by atoms with Crippen molar-refractivity contribution >= 4 is 18.1 Å². The first-order valence-electron chi connectivity index (χ1n) is 10.4. The van der Waals surface area contributed by atoms with Crippen LogP contribution in [0.25, 0.3) is 0 Å². The molecule has 0 N–H and O–H groups in total. The topological polar surface area (TPSA) is 57.1 Å². The molecule has 0 aliphatic rings. The number of hydrogen-bond acceptors (Lipinski definition) is 5. The van der Waals surface area contributed by atoms with Gasteiger partial charge < -0.3 is 14.2 Å². The summed E-state index contributed by atoms with van der Waals surface area (Å²) in [6, 6.07) is 14.9. The van der Waals surface area contributed by atoms with Gasteiger partial charge in [-0.3, -0.25) is 4.99 Å². The number of benzene rings is 2. The van der Waals surface area contributed by atoms with Crippen molar-refractivity contribution in [3.63, 3.8) is 0 Å². The highest BCUT2D eigenvalue weighted by atomic mass is 16.7. The zero-order valence-corrected chi connectivity index (χ0v) is 17.4. The van der Waals surface area contributed by atoms with Gasteiger partial charge in [0, 0.05) is 6.21 Å². The monoisotopic (exact) mass is 397 g/mol. The van der Waals surface area contributed by atoms with Crippen molar-refractivity contribution in [2.75, 3.05) is 13.2 Å². The smallest absolute Gasteiger partial charge is 0.494 e. The summed E-state index contributed by atoms with van der Waals surface area (Å²) in [7, 11) is 0. The minimum atomic E-state index is -0.672. The van der Waals surface area contributed by atoms with Crippen molar-refractivity contribution in [2.24, 2.45) is 4.99 Å². The molecule has 0 aliphatic carbocycles. The fraction of sp³-hybridized carbons (Fsp3) is 0.417. The van der Waals surface area contributed by atoms with Crippen LogP contribution in [0.15, 0.2) is 53.5 Å². The van der Waals surface area contributed by atoms with E-state index >= 15 is 0 Å². The highest BCUT2D eigenvalue weighted by Crippen LogP contribution is 2.19. The number of hydrogen-bond donors (Lipinski definition) is 0. The van der Waals surface area contributed by atoms with Crippen LogP contribution in [0.4, 0.5) is 10.5 Å². The lowest BCUT2D eigenvalue weighted by atomic mass is 10.2. The molecule has 0 amide bonds. The minimum absolute atomic E-state index is 0.387. The van der Waals surface area contributed by atoms with Crippen LogP contribution >= 0.6 is 0 Å². The van der Waals surface area contributed by atoms with Gasteiger partial charge in [-0.2, -0.15) is 0 Å². The lowest BCUT2D eigenvalue weighted by Crippen LogP contribution is -2.11. The summed E-state index contributed by atoms with van der Waals surface area (Å²) in [6.45, 7) is 5.42. The van der Waals surface area contributed by atoms with E-state index in [2.05, 4.69) is 18.8 Å². The summed E-state index contributed by atoms with van der Waals surface area (Å²) >= 11 is 0. The summed E-state index contributed by atoms with van der Waals surface area (Å²) in [6.07, 6.45) is 7.55. The number of nitrogens with zero attached hydrogens (tertiary/aromatic N) is 1. The first-order valence-corrected chi connectivity index (χ1v) is 10.4. The van der Waals surface area contributed by atoms with E-state index in [1.807, 2.05) is 24.3 Å². The molecule has 0 radical (unpaired) electrons. The molecule has 0 heterocycles. The van der Waals surface area contributed by atoms with Gasteiger partial charge in [0.05, 0.1) is 18.9 Å². The summed E-state index contributed by atoms with van der Waals surface area (Å²) in [4.78, 5) is 16.1. The molecule has 0 saturated carbocycles. The normalized spacial score (nSPS) is 10.8. The summed E-state index contributed by atoms with van der Waals surface area (Å²) in [5, 5.41) is 0. The number of unbranched alkanes of at least 4 members (excludes halogenated alkanes) is 4. The second-order valence-corrected chi connectivity index (χ2v) is 6.78. The number of ether oxygens (including phenoxy) is 3. The molecule has 2 aromatic carbocycles. The van der Waals surface area contributed by atoms with Gasteiger partial charge in [-0.15, -0.1) is 0 Å². The van der Waals surface area contributed by atoms with Crippen LogP contribution in [0.1, 0.15) is 57.9 Å². The van der Waals surface area contributed by atoms with Gasteiger partial charge in [-0.1, -0.05) is 39.5 Å². The van der Waals surface area contributed by atoms with Crippen LogP contribution in [0, 0.1) is 0 Å². The Morgan fingerprint density at radius 1 is 0.828 bits per heavy atom. The molecule has 0 aliphatic heterocycles. The van der Waals surface area contributed by atoms with Crippen LogP contribution in [0.2, 0.25) is 0 Å². The molecular weight excluding hydrogens is 366 g/mol. The van der Waals surface area contributed by atoms with E-state index in [9.17, 15) is 4.79 Å². The van der Waals surface area contributed by atoms with Crippen LogP contribution in [-0.2, 0) is 4.74 Å².